The monoisotopic (exact) mass is 251 g/mol. The largest absolute Gasteiger partial charge is 0.480 e. The summed E-state index contributed by atoms with van der Waals surface area (Å²) in [7, 11) is 0. The van der Waals surface area contributed by atoms with Gasteiger partial charge >= 0.3 is 5.97 Å². The summed E-state index contributed by atoms with van der Waals surface area (Å²) < 4.78 is 1.54. The summed E-state index contributed by atoms with van der Waals surface area (Å²) in [6, 6.07) is 7.38. The molecule has 0 spiro atoms. The van der Waals surface area contributed by atoms with Crippen LogP contribution < -0.4 is 5.73 Å². The number of carboxylic acid groups (broad SMARTS) is 1. The maximum atomic E-state index is 10.7. The minimum atomic E-state index is -1.06. The zero-order valence-electron chi connectivity index (χ0n) is 8.75. The first kappa shape index (κ1) is 11.6. The van der Waals surface area contributed by atoms with Crippen molar-refractivity contribution < 1.29 is 9.90 Å². The van der Waals surface area contributed by atoms with Crippen molar-refractivity contribution in [2.24, 2.45) is 5.73 Å². The zero-order valence-corrected chi connectivity index (χ0v) is 9.50. The second kappa shape index (κ2) is 4.57. The second-order valence-electron chi connectivity index (χ2n) is 3.47. The summed E-state index contributed by atoms with van der Waals surface area (Å²) in [6.45, 7) is 0. The Kier molecular flexibility index (Phi) is 3.12. The number of hydrogen-bond acceptors (Lipinski definition) is 3. The van der Waals surface area contributed by atoms with Crippen molar-refractivity contribution in [3.8, 4) is 5.69 Å². The molecule has 0 saturated heterocycles. The second-order valence-corrected chi connectivity index (χ2v) is 3.86. The Hall–Kier alpha value is -1.85. The normalized spacial score (nSPS) is 12.4. The third kappa shape index (κ3) is 2.30. The van der Waals surface area contributed by atoms with Crippen LogP contribution in [0.2, 0.25) is 5.15 Å². The van der Waals surface area contributed by atoms with E-state index in [1.807, 2.05) is 0 Å². The van der Waals surface area contributed by atoms with E-state index in [4.69, 9.17) is 22.4 Å². The summed E-state index contributed by atoms with van der Waals surface area (Å²) in [5.74, 6) is -1.06. The molecule has 0 saturated carbocycles. The van der Waals surface area contributed by atoms with Gasteiger partial charge in [-0.3, -0.25) is 4.79 Å². The molecule has 0 amide bonds. The molecule has 0 aliphatic carbocycles. The van der Waals surface area contributed by atoms with Gasteiger partial charge in [0.2, 0.25) is 0 Å². The molecule has 3 N–H and O–H groups in total. The molecule has 1 unspecified atom stereocenters. The summed E-state index contributed by atoms with van der Waals surface area (Å²) in [6.07, 6.45) is 1.58. The molecule has 1 aromatic carbocycles. The predicted octanol–water partition coefficient (Wildman–Crippen LogP) is 1.61. The van der Waals surface area contributed by atoms with Crippen molar-refractivity contribution in [3.05, 3.63) is 47.2 Å². The SMILES string of the molecule is NC(C(=O)O)c1ccc(-n2nccc2Cl)cc1. The van der Waals surface area contributed by atoms with Crippen LogP contribution in [0.4, 0.5) is 0 Å². The third-order valence-electron chi connectivity index (χ3n) is 2.36. The number of carbonyl (C=O) groups is 1. The first-order valence-corrected chi connectivity index (χ1v) is 5.25. The minimum Gasteiger partial charge on any atom is -0.480 e. The standard InChI is InChI=1S/C11H10ClN3O2/c12-9-5-6-14-15(9)8-3-1-7(2-4-8)10(13)11(16)17/h1-6,10H,13H2,(H,16,17). The highest BCUT2D eigenvalue weighted by molar-refractivity contribution is 6.29. The number of hydrogen-bond donors (Lipinski definition) is 2. The number of nitrogens with zero attached hydrogens (tertiary/aromatic N) is 2. The van der Waals surface area contributed by atoms with E-state index in [2.05, 4.69) is 5.10 Å². The maximum Gasteiger partial charge on any atom is 0.325 e. The lowest BCUT2D eigenvalue weighted by Crippen LogP contribution is -2.20. The fourth-order valence-corrected chi connectivity index (χ4v) is 1.64. The van der Waals surface area contributed by atoms with Gasteiger partial charge in [0, 0.05) is 0 Å². The lowest BCUT2D eigenvalue weighted by Gasteiger charge is -2.08. The summed E-state index contributed by atoms with van der Waals surface area (Å²) in [4.78, 5) is 10.7. The van der Waals surface area contributed by atoms with Crippen LogP contribution in [0.1, 0.15) is 11.6 Å². The number of nitrogens with two attached hydrogens (primary N) is 1. The highest BCUT2D eigenvalue weighted by atomic mass is 35.5. The molecule has 88 valence electrons. The Balaban J connectivity index is 2.31. The number of carboxylic acids is 1. The Morgan fingerprint density at radius 2 is 2.00 bits per heavy atom. The van der Waals surface area contributed by atoms with Gasteiger partial charge in [0.25, 0.3) is 0 Å². The fourth-order valence-electron chi connectivity index (χ4n) is 1.44. The van der Waals surface area contributed by atoms with Gasteiger partial charge in [-0.15, -0.1) is 0 Å². The molecule has 2 aromatic rings. The van der Waals surface area contributed by atoms with E-state index in [0.29, 0.717) is 10.7 Å². The molecule has 0 bridgehead atoms. The first-order valence-electron chi connectivity index (χ1n) is 4.88. The van der Waals surface area contributed by atoms with E-state index >= 15 is 0 Å². The van der Waals surface area contributed by atoms with Crippen molar-refractivity contribution in [2.45, 2.75) is 6.04 Å². The van der Waals surface area contributed by atoms with Gasteiger partial charge in [-0.05, 0) is 23.8 Å². The lowest BCUT2D eigenvalue weighted by molar-refractivity contribution is -0.138. The lowest BCUT2D eigenvalue weighted by atomic mass is 10.1. The molecule has 2 rings (SSSR count). The number of aliphatic carboxylic acids is 1. The highest BCUT2D eigenvalue weighted by Gasteiger charge is 2.14. The van der Waals surface area contributed by atoms with Crippen molar-refractivity contribution in [1.82, 2.24) is 9.78 Å². The quantitative estimate of drug-likeness (QED) is 0.868. The fraction of sp³-hybridized carbons (Fsp3) is 0.0909. The summed E-state index contributed by atoms with van der Waals surface area (Å²) in [5.41, 5.74) is 6.77. The Morgan fingerprint density at radius 3 is 2.47 bits per heavy atom. The molecule has 1 aromatic heterocycles. The van der Waals surface area contributed by atoms with E-state index in [1.54, 1.807) is 36.5 Å². The molecule has 1 atom stereocenters. The molecule has 0 radical (unpaired) electrons. The topological polar surface area (TPSA) is 81.1 Å². The Labute approximate surface area is 102 Å². The van der Waals surface area contributed by atoms with Gasteiger partial charge in [0.05, 0.1) is 11.9 Å². The van der Waals surface area contributed by atoms with E-state index < -0.39 is 12.0 Å². The van der Waals surface area contributed by atoms with E-state index in [9.17, 15) is 4.79 Å². The van der Waals surface area contributed by atoms with Crippen LogP contribution in [0.25, 0.3) is 5.69 Å². The number of aromatic nitrogens is 2. The molecule has 1 heterocycles. The highest BCUT2D eigenvalue weighted by Crippen LogP contribution is 2.17. The van der Waals surface area contributed by atoms with Crippen LogP contribution >= 0.6 is 11.6 Å². The van der Waals surface area contributed by atoms with Crippen molar-refractivity contribution in [2.75, 3.05) is 0 Å². The van der Waals surface area contributed by atoms with Gasteiger partial charge in [0.15, 0.2) is 0 Å². The van der Waals surface area contributed by atoms with E-state index in [1.165, 1.54) is 4.68 Å². The van der Waals surface area contributed by atoms with E-state index in [-0.39, 0.29) is 0 Å². The van der Waals surface area contributed by atoms with Gasteiger partial charge in [-0.2, -0.15) is 5.10 Å². The average molecular weight is 252 g/mol. The van der Waals surface area contributed by atoms with Gasteiger partial charge < -0.3 is 10.8 Å². The smallest absolute Gasteiger partial charge is 0.325 e. The number of benzene rings is 1. The predicted molar refractivity (Wildman–Crippen MR) is 63.1 cm³/mol. The molecule has 17 heavy (non-hydrogen) atoms. The Morgan fingerprint density at radius 1 is 1.35 bits per heavy atom. The first-order chi connectivity index (χ1) is 8.09. The van der Waals surface area contributed by atoms with Crippen LogP contribution in [0.15, 0.2) is 36.5 Å². The molecule has 0 fully saturated rings. The molecule has 5 nitrogen and oxygen atoms in total. The zero-order chi connectivity index (χ0) is 12.4. The van der Waals surface area contributed by atoms with Crippen LogP contribution in [-0.2, 0) is 4.79 Å². The Bertz CT molecular complexity index is 536. The van der Waals surface area contributed by atoms with Gasteiger partial charge in [-0.1, -0.05) is 23.7 Å². The number of halogens is 1. The maximum absolute atomic E-state index is 10.7. The molecule has 0 aliphatic rings. The van der Waals surface area contributed by atoms with Crippen LogP contribution in [-0.4, -0.2) is 20.9 Å². The molecular formula is C11H10ClN3O2. The summed E-state index contributed by atoms with van der Waals surface area (Å²) in [5, 5.41) is 13.3. The van der Waals surface area contributed by atoms with Crippen LogP contribution in [0.3, 0.4) is 0 Å². The number of rotatable bonds is 3. The van der Waals surface area contributed by atoms with Crippen LogP contribution in [0, 0.1) is 0 Å². The average Bonchev–Trinajstić information content (AvgIpc) is 2.74. The summed E-state index contributed by atoms with van der Waals surface area (Å²) >= 11 is 5.91. The van der Waals surface area contributed by atoms with Gasteiger partial charge in [-0.25, -0.2) is 4.68 Å². The minimum absolute atomic E-state index is 0.486. The molecule has 0 aliphatic heterocycles. The van der Waals surface area contributed by atoms with Crippen molar-refractivity contribution in [1.29, 1.82) is 0 Å². The van der Waals surface area contributed by atoms with Crippen LogP contribution in [0.5, 0.6) is 0 Å². The van der Waals surface area contributed by atoms with Gasteiger partial charge in [0.1, 0.15) is 11.2 Å². The van der Waals surface area contributed by atoms with Crippen molar-refractivity contribution in [3.63, 3.8) is 0 Å². The molecule has 6 heteroatoms. The van der Waals surface area contributed by atoms with Crippen molar-refractivity contribution >= 4 is 17.6 Å². The third-order valence-corrected chi connectivity index (χ3v) is 2.65. The van der Waals surface area contributed by atoms with E-state index in [0.717, 1.165) is 5.69 Å². The molecular weight excluding hydrogens is 242 g/mol.